The molecule has 0 saturated heterocycles. The Kier molecular flexibility index (Phi) is 8.20. The van der Waals surface area contributed by atoms with Gasteiger partial charge in [0.05, 0.1) is 10.5 Å². The maximum absolute atomic E-state index is 13.2. The van der Waals surface area contributed by atoms with Gasteiger partial charge >= 0.3 is 12.4 Å². The number of hydrogen-bond donors (Lipinski definition) is 2. The SMILES string of the molecule is CS(=O)(=O)c1cc(C(=O)NCC2C=CN(CCNC(=O)C3(C(F)(F)F)CCC3)CC2)cc(C(F)(F)F)c1. The Morgan fingerprint density at radius 3 is 2.24 bits per heavy atom. The number of benzene rings is 1. The molecule has 1 saturated carbocycles. The summed E-state index contributed by atoms with van der Waals surface area (Å²) in [6.45, 7) is 0.881. The molecule has 0 aromatic heterocycles. The second-order valence-corrected chi connectivity index (χ2v) is 11.4. The smallest absolute Gasteiger partial charge is 0.376 e. The highest BCUT2D eigenvalue weighted by Crippen LogP contribution is 2.53. The Hall–Kier alpha value is -2.77. The van der Waals surface area contributed by atoms with Crippen LogP contribution in [0.1, 0.15) is 41.6 Å². The lowest BCUT2D eigenvalue weighted by atomic mass is 9.67. The lowest BCUT2D eigenvalue weighted by Crippen LogP contribution is -2.55. The molecule has 1 unspecified atom stereocenters. The first-order chi connectivity index (χ1) is 17.0. The van der Waals surface area contributed by atoms with Crippen LogP contribution in [0.3, 0.4) is 0 Å². The van der Waals surface area contributed by atoms with E-state index in [0.29, 0.717) is 31.5 Å². The molecule has 0 bridgehead atoms. The molecule has 0 radical (unpaired) electrons. The molecule has 1 atom stereocenters. The molecule has 206 valence electrons. The molecule has 1 aliphatic heterocycles. The molecule has 2 amide bonds. The van der Waals surface area contributed by atoms with Crippen LogP contribution in [0, 0.1) is 11.3 Å². The Morgan fingerprint density at radius 2 is 1.76 bits per heavy atom. The summed E-state index contributed by atoms with van der Waals surface area (Å²) in [7, 11) is -3.99. The fraction of sp³-hybridized carbons (Fsp3) is 0.565. The first-order valence-electron chi connectivity index (χ1n) is 11.5. The number of nitrogens with one attached hydrogen (secondary N) is 2. The van der Waals surface area contributed by atoms with Crippen molar-refractivity contribution in [2.24, 2.45) is 11.3 Å². The average molecular weight is 556 g/mol. The van der Waals surface area contributed by atoms with E-state index in [-0.39, 0.29) is 38.4 Å². The van der Waals surface area contributed by atoms with Crippen LogP contribution in [0.4, 0.5) is 26.3 Å². The van der Waals surface area contributed by atoms with Gasteiger partial charge in [0, 0.05) is 38.0 Å². The van der Waals surface area contributed by atoms with Crippen LogP contribution in [0.25, 0.3) is 0 Å². The second kappa shape index (κ2) is 10.5. The molecule has 3 rings (SSSR count). The summed E-state index contributed by atoms with van der Waals surface area (Å²) in [6, 6.07) is 1.95. The molecule has 1 aromatic rings. The van der Waals surface area contributed by atoms with Crippen LogP contribution in [0.2, 0.25) is 0 Å². The fourth-order valence-electron chi connectivity index (χ4n) is 4.19. The number of sulfone groups is 1. The molecule has 1 aliphatic carbocycles. The van der Waals surface area contributed by atoms with E-state index in [4.69, 9.17) is 0 Å². The highest BCUT2D eigenvalue weighted by molar-refractivity contribution is 7.90. The zero-order valence-corrected chi connectivity index (χ0v) is 20.7. The van der Waals surface area contributed by atoms with E-state index in [1.807, 2.05) is 0 Å². The van der Waals surface area contributed by atoms with Gasteiger partial charge in [0.15, 0.2) is 9.84 Å². The highest BCUT2D eigenvalue weighted by Gasteiger charge is 2.63. The van der Waals surface area contributed by atoms with Gasteiger partial charge in [0.1, 0.15) is 5.41 Å². The molecule has 0 spiro atoms. The summed E-state index contributed by atoms with van der Waals surface area (Å²) < 4.78 is 103. The second-order valence-electron chi connectivity index (χ2n) is 9.34. The van der Waals surface area contributed by atoms with Gasteiger partial charge in [-0.1, -0.05) is 12.5 Å². The Labute approximate surface area is 210 Å². The number of hydrogen-bond acceptors (Lipinski definition) is 5. The first kappa shape index (κ1) is 28.8. The predicted octanol–water partition coefficient (Wildman–Crippen LogP) is 3.52. The van der Waals surface area contributed by atoms with E-state index < -0.39 is 55.4 Å². The Bertz CT molecular complexity index is 1160. The van der Waals surface area contributed by atoms with Crippen molar-refractivity contribution in [1.29, 1.82) is 0 Å². The molecule has 14 heteroatoms. The maximum Gasteiger partial charge on any atom is 0.416 e. The lowest BCUT2D eigenvalue weighted by Gasteiger charge is -2.41. The van der Waals surface area contributed by atoms with E-state index in [9.17, 15) is 44.3 Å². The van der Waals surface area contributed by atoms with Gasteiger partial charge in [-0.25, -0.2) is 8.42 Å². The highest BCUT2D eigenvalue weighted by atomic mass is 32.2. The monoisotopic (exact) mass is 555 g/mol. The van der Waals surface area contributed by atoms with Crippen molar-refractivity contribution in [2.75, 3.05) is 32.4 Å². The van der Waals surface area contributed by atoms with Crippen molar-refractivity contribution in [3.05, 3.63) is 41.6 Å². The van der Waals surface area contributed by atoms with Crippen LogP contribution in [0.5, 0.6) is 0 Å². The van der Waals surface area contributed by atoms with Crippen molar-refractivity contribution < 1.29 is 44.3 Å². The number of amides is 2. The molecule has 2 aliphatic rings. The van der Waals surface area contributed by atoms with Gasteiger partial charge < -0.3 is 15.5 Å². The average Bonchev–Trinajstić information content (AvgIpc) is 2.75. The number of halogens is 6. The van der Waals surface area contributed by atoms with E-state index >= 15 is 0 Å². The summed E-state index contributed by atoms with van der Waals surface area (Å²) >= 11 is 0. The summed E-state index contributed by atoms with van der Waals surface area (Å²) in [5.74, 6) is -2.04. The van der Waals surface area contributed by atoms with Crippen molar-refractivity contribution in [2.45, 2.75) is 42.9 Å². The summed E-state index contributed by atoms with van der Waals surface area (Å²) in [6.07, 6.45) is -4.79. The topological polar surface area (TPSA) is 95.6 Å². The van der Waals surface area contributed by atoms with E-state index in [0.717, 1.165) is 12.3 Å². The molecular weight excluding hydrogens is 528 g/mol. The summed E-state index contributed by atoms with van der Waals surface area (Å²) in [4.78, 5) is 25.7. The molecule has 1 heterocycles. The van der Waals surface area contributed by atoms with Gasteiger partial charge in [0.2, 0.25) is 5.91 Å². The Morgan fingerprint density at radius 1 is 1.08 bits per heavy atom. The molecule has 37 heavy (non-hydrogen) atoms. The summed E-state index contributed by atoms with van der Waals surface area (Å²) in [5.41, 5.74) is -3.98. The van der Waals surface area contributed by atoms with Crippen molar-refractivity contribution in [3.8, 4) is 0 Å². The zero-order chi connectivity index (χ0) is 27.6. The van der Waals surface area contributed by atoms with E-state index in [1.54, 1.807) is 17.2 Å². The number of carbonyl (C=O) groups excluding carboxylic acids is 2. The quantitative estimate of drug-likeness (QED) is 0.479. The van der Waals surface area contributed by atoms with Crippen molar-refractivity contribution >= 4 is 21.7 Å². The minimum atomic E-state index is -4.84. The molecule has 2 N–H and O–H groups in total. The standard InChI is InChI=1S/C23H27F6N3O4S/c1-37(35,36)18-12-16(11-17(13-18)22(24,25)26)19(33)31-14-15-3-8-32(9-4-15)10-7-30-20(34)21(5-2-6-21)23(27,28)29/h3,8,11-13,15H,2,4-7,9-10,14H2,1H3,(H,30,34)(H,31,33). The van der Waals surface area contributed by atoms with Gasteiger partial charge in [-0.15, -0.1) is 0 Å². The number of carbonyl (C=O) groups is 2. The lowest BCUT2D eigenvalue weighted by molar-refractivity contribution is -0.243. The fourth-order valence-corrected chi connectivity index (χ4v) is 4.87. The third-order valence-corrected chi connectivity index (χ3v) is 7.77. The van der Waals surface area contributed by atoms with Crippen LogP contribution >= 0.6 is 0 Å². The number of alkyl halides is 6. The van der Waals surface area contributed by atoms with Crippen molar-refractivity contribution in [3.63, 3.8) is 0 Å². The largest absolute Gasteiger partial charge is 0.416 e. The molecule has 1 aromatic carbocycles. The predicted molar refractivity (Wildman–Crippen MR) is 121 cm³/mol. The summed E-state index contributed by atoms with van der Waals surface area (Å²) in [5, 5.41) is 4.87. The van der Waals surface area contributed by atoms with Gasteiger partial charge in [-0.2, -0.15) is 26.3 Å². The number of rotatable bonds is 8. The van der Waals surface area contributed by atoms with Crippen LogP contribution in [-0.2, 0) is 20.8 Å². The third-order valence-electron chi connectivity index (χ3n) is 6.67. The zero-order valence-electron chi connectivity index (χ0n) is 19.9. The normalized spacial score (nSPS) is 19.8. The van der Waals surface area contributed by atoms with Gasteiger partial charge in [-0.05, 0) is 49.6 Å². The molecular formula is C23H27F6N3O4S. The van der Waals surface area contributed by atoms with E-state index in [2.05, 4.69) is 10.6 Å². The van der Waals surface area contributed by atoms with Crippen molar-refractivity contribution in [1.82, 2.24) is 15.5 Å². The third kappa shape index (κ3) is 6.76. The Balaban J connectivity index is 1.51. The maximum atomic E-state index is 13.2. The van der Waals surface area contributed by atoms with Crippen LogP contribution in [-0.4, -0.2) is 63.7 Å². The van der Waals surface area contributed by atoms with Crippen LogP contribution in [0.15, 0.2) is 35.4 Å². The minimum Gasteiger partial charge on any atom is -0.376 e. The first-order valence-corrected chi connectivity index (χ1v) is 13.4. The molecule has 7 nitrogen and oxygen atoms in total. The number of nitrogens with zero attached hydrogens (tertiary/aromatic N) is 1. The van der Waals surface area contributed by atoms with Gasteiger partial charge in [0.25, 0.3) is 5.91 Å². The van der Waals surface area contributed by atoms with E-state index in [1.165, 1.54) is 0 Å². The molecule has 1 fully saturated rings. The van der Waals surface area contributed by atoms with Crippen LogP contribution < -0.4 is 10.6 Å². The minimum absolute atomic E-state index is 0.0284. The van der Waals surface area contributed by atoms with Gasteiger partial charge in [-0.3, -0.25) is 9.59 Å².